The fourth-order valence-corrected chi connectivity index (χ4v) is 4.07. The quantitative estimate of drug-likeness (QED) is 0.413. The molecule has 0 saturated carbocycles. The molecule has 3 nitrogen and oxygen atoms in total. The molecular weight excluding hydrogens is 348 g/mol. The second-order valence-corrected chi connectivity index (χ2v) is 8.69. The van der Waals surface area contributed by atoms with Gasteiger partial charge in [0.2, 0.25) is 0 Å². The molecule has 0 bridgehead atoms. The second-order valence-electron chi connectivity index (χ2n) is 8.69. The molecule has 2 aromatic carbocycles. The number of carbonyl (C=O) groups is 1. The highest BCUT2D eigenvalue weighted by Crippen LogP contribution is 2.54. The van der Waals surface area contributed by atoms with Crippen molar-refractivity contribution in [3.8, 4) is 5.75 Å². The molecular formula is C25H32O3. The lowest BCUT2D eigenvalue weighted by atomic mass is 9.71. The first-order valence-electron chi connectivity index (χ1n) is 10.4. The van der Waals surface area contributed by atoms with Gasteiger partial charge < -0.3 is 9.47 Å². The number of fused-ring (bicyclic) bond motifs is 1. The van der Waals surface area contributed by atoms with Crippen molar-refractivity contribution in [1.82, 2.24) is 0 Å². The van der Waals surface area contributed by atoms with Crippen molar-refractivity contribution in [3.05, 3.63) is 65.7 Å². The molecule has 28 heavy (non-hydrogen) atoms. The van der Waals surface area contributed by atoms with Gasteiger partial charge in [0.1, 0.15) is 22.9 Å². The smallest absolute Gasteiger partial charge is 0.321 e. The number of unbranched alkanes of at least 4 members (excludes halogenated alkanes) is 3. The first-order chi connectivity index (χ1) is 13.4. The molecule has 0 N–H and O–H groups in total. The van der Waals surface area contributed by atoms with Crippen LogP contribution in [0, 0.1) is 0 Å². The van der Waals surface area contributed by atoms with Crippen molar-refractivity contribution in [2.24, 2.45) is 0 Å². The molecule has 0 fully saturated rings. The van der Waals surface area contributed by atoms with Gasteiger partial charge in [0.15, 0.2) is 0 Å². The SMILES string of the molecule is CCCCCC[C@]1(C(=O)OC(C)(C)C)c2ccccc2O[C@@H]1c1ccccc1. The third-order valence-corrected chi connectivity index (χ3v) is 5.35. The predicted molar refractivity (Wildman–Crippen MR) is 113 cm³/mol. The summed E-state index contributed by atoms with van der Waals surface area (Å²) >= 11 is 0. The summed E-state index contributed by atoms with van der Waals surface area (Å²) in [5, 5.41) is 0. The van der Waals surface area contributed by atoms with E-state index in [1.807, 2.05) is 75.4 Å². The number of esters is 1. The van der Waals surface area contributed by atoms with Gasteiger partial charge in [-0.15, -0.1) is 0 Å². The van der Waals surface area contributed by atoms with Gasteiger partial charge >= 0.3 is 5.97 Å². The van der Waals surface area contributed by atoms with Crippen molar-refractivity contribution in [2.45, 2.75) is 76.9 Å². The molecule has 150 valence electrons. The summed E-state index contributed by atoms with van der Waals surface area (Å²) in [5.74, 6) is 0.605. The normalized spacial score (nSPS) is 21.1. The molecule has 2 aromatic rings. The average Bonchev–Trinajstić information content (AvgIpc) is 3.00. The summed E-state index contributed by atoms with van der Waals surface area (Å²) in [6.07, 6.45) is 4.75. The monoisotopic (exact) mass is 380 g/mol. The Bertz CT molecular complexity index is 791. The molecule has 2 atom stereocenters. The number of rotatable bonds is 7. The van der Waals surface area contributed by atoms with E-state index in [-0.39, 0.29) is 12.1 Å². The van der Waals surface area contributed by atoms with Crippen LogP contribution >= 0.6 is 0 Å². The van der Waals surface area contributed by atoms with Crippen LogP contribution in [0.15, 0.2) is 54.6 Å². The topological polar surface area (TPSA) is 35.5 Å². The number of carbonyl (C=O) groups excluding carboxylic acids is 1. The van der Waals surface area contributed by atoms with Gasteiger partial charge in [-0.25, -0.2) is 0 Å². The molecule has 3 rings (SSSR count). The van der Waals surface area contributed by atoms with Crippen molar-refractivity contribution in [1.29, 1.82) is 0 Å². The van der Waals surface area contributed by atoms with Crippen LogP contribution < -0.4 is 4.74 Å². The van der Waals surface area contributed by atoms with Crippen molar-refractivity contribution >= 4 is 5.97 Å². The van der Waals surface area contributed by atoms with Crippen LogP contribution in [0.1, 0.15) is 77.0 Å². The molecule has 3 heteroatoms. The highest BCUT2D eigenvalue weighted by Gasteiger charge is 2.56. The van der Waals surface area contributed by atoms with E-state index in [2.05, 4.69) is 6.92 Å². The Morgan fingerprint density at radius 2 is 1.68 bits per heavy atom. The molecule has 0 spiro atoms. The maximum Gasteiger partial charge on any atom is 0.321 e. The van der Waals surface area contributed by atoms with Gasteiger partial charge in [0, 0.05) is 5.56 Å². The number of ether oxygens (including phenoxy) is 2. The zero-order valence-corrected chi connectivity index (χ0v) is 17.5. The van der Waals surface area contributed by atoms with Crippen LogP contribution in [-0.4, -0.2) is 11.6 Å². The largest absolute Gasteiger partial charge is 0.484 e. The Morgan fingerprint density at radius 3 is 2.36 bits per heavy atom. The van der Waals surface area contributed by atoms with E-state index in [4.69, 9.17) is 9.47 Å². The van der Waals surface area contributed by atoms with E-state index in [0.717, 1.165) is 42.6 Å². The minimum absolute atomic E-state index is 0.185. The Morgan fingerprint density at radius 1 is 1.00 bits per heavy atom. The standard InChI is InChI=1S/C25H32O3/c1-5-6-7-13-18-25(23(26)28-24(2,3)4)20-16-11-12-17-21(20)27-22(25)19-14-9-8-10-15-19/h8-12,14-17,22H,5-7,13,18H2,1-4H3/t22-,25+/m1/s1. The van der Waals surface area contributed by atoms with E-state index < -0.39 is 11.0 Å². The molecule has 1 aliphatic rings. The maximum absolute atomic E-state index is 13.7. The predicted octanol–water partition coefficient (Wildman–Crippen LogP) is 6.37. The third-order valence-electron chi connectivity index (χ3n) is 5.35. The zero-order valence-electron chi connectivity index (χ0n) is 17.5. The number of hydrogen-bond acceptors (Lipinski definition) is 3. The zero-order chi connectivity index (χ0) is 20.2. The molecule has 0 saturated heterocycles. The summed E-state index contributed by atoms with van der Waals surface area (Å²) in [6, 6.07) is 18.0. The van der Waals surface area contributed by atoms with Crippen LogP contribution in [-0.2, 0) is 14.9 Å². The molecule has 0 unspecified atom stereocenters. The summed E-state index contributed by atoms with van der Waals surface area (Å²) in [6.45, 7) is 7.98. The van der Waals surface area contributed by atoms with Crippen molar-refractivity contribution in [3.63, 3.8) is 0 Å². The Kier molecular flexibility index (Phi) is 6.12. The van der Waals surface area contributed by atoms with E-state index in [9.17, 15) is 4.79 Å². The highest BCUT2D eigenvalue weighted by atomic mass is 16.6. The van der Waals surface area contributed by atoms with Crippen LogP contribution in [0.25, 0.3) is 0 Å². The fraction of sp³-hybridized carbons (Fsp3) is 0.480. The summed E-state index contributed by atoms with van der Waals surface area (Å²) in [7, 11) is 0. The Hall–Kier alpha value is -2.29. The van der Waals surface area contributed by atoms with Gasteiger partial charge in [0.25, 0.3) is 0 Å². The van der Waals surface area contributed by atoms with Gasteiger partial charge in [-0.3, -0.25) is 4.79 Å². The summed E-state index contributed by atoms with van der Waals surface area (Å²) < 4.78 is 12.4. The summed E-state index contributed by atoms with van der Waals surface area (Å²) in [5.41, 5.74) is 0.597. The van der Waals surface area contributed by atoms with Gasteiger partial charge in [-0.05, 0) is 38.8 Å². The number of benzene rings is 2. The van der Waals surface area contributed by atoms with Gasteiger partial charge in [-0.2, -0.15) is 0 Å². The van der Waals surface area contributed by atoms with E-state index in [1.54, 1.807) is 0 Å². The molecule has 0 radical (unpaired) electrons. The molecule has 1 heterocycles. The Balaban J connectivity index is 2.08. The first kappa shape index (κ1) is 20.4. The molecule has 0 aliphatic carbocycles. The van der Waals surface area contributed by atoms with Crippen LogP contribution in [0.2, 0.25) is 0 Å². The van der Waals surface area contributed by atoms with E-state index in [0.29, 0.717) is 0 Å². The fourth-order valence-electron chi connectivity index (χ4n) is 4.07. The van der Waals surface area contributed by atoms with Crippen LogP contribution in [0.5, 0.6) is 5.75 Å². The molecule has 0 aromatic heterocycles. The van der Waals surface area contributed by atoms with Crippen molar-refractivity contribution in [2.75, 3.05) is 0 Å². The van der Waals surface area contributed by atoms with Gasteiger partial charge in [-0.1, -0.05) is 81.1 Å². The number of para-hydroxylation sites is 1. The van der Waals surface area contributed by atoms with Crippen molar-refractivity contribution < 1.29 is 14.3 Å². The second kappa shape index (κ2) is 8.38. The van der Waals surface area contributed by atoms with Gasteiger partial charge in [0.05, 0.1) is 0 Å². The molecule has 1 aliphatic heterocycles. The maximum atomic E-state index is 13.7. The third kappa shape index (κ3) is 4.09. The minimum Gasteiger partial charge on any atom is -0.484 e. The summed E-state index contributed by atoms with van der Waals surface area (Å²) in [4.78, 5) is 13.7. The number of hydrogen-bond donors (Lipinski definition) is 0. The van der Waals surface area contributed by atoms with Crippen LogP contribution in [0.4, 0.5) is 0 Å². The lowest BCUT2D eigenvalue weighted by molar-refractivity contribution is -0.165. The Labute approximate surface area is 169 Å². The molecule has 0 amide bonds. The lowest BCUT2D eigenvalue weighted by Crippen LogP contribution is -2.44. The van der Waals surface area contributed by atoms with E-state index >= 15 is 0 Å². The van der Waals surface area contributed by atoms with Crippen LogP contribution in [0.3, 0.4) is 0 Å². The average molecular weight is 381 g/mol. The lowest BCUT2D eigenvalue weighted by Gasteiger charge is -2.35. The van der Waals surface area contributed by atoms with E-state index in [1.165, 1.54) is 6.42 Å². The first-order valence-corrected chi connectivity index (χ1v) is 10.4. The minimum atomic E-state index is -0.820. The highest BCUT2D eigenvalue weighted by molar-refractivity contribution is 5.87.